The van der Waals surface area contributed by atoms with Crippen molar-refractivity contribution in [1.82, 2.24) is 4.90 Å². The number of rotatable bonds is 9. The van der Waals surface area contributed by atoms with Gasteiger partial charge < -0.3 is 19.1 Å². The Morgan fingerprint density at radius 3 is 2.07 bits per heavy atom. The summed E-state index contributed by atoms with van der Waals surface area (Å²) in [6.07, 6.45) is 0.826. The Hall–Kier alpha value is -3.02. The first kappa shape index (κ1) is 20.3. The van der Waals surface area contributed by atoms with Gasteiger partial charge in [0.2, 0.25) is 0 Å². The van der Waals surface area contributed by atoms with Crippen LogP contribution >= 0.6 is 0 Å². The second kappa shape index (κ2) is 10.2. The molecular weight excluding hydrogens is 346 g/mol. The Labute approximate surface area is 159 Å². The minimum atomic E-state index is -0.351. The number of hydrogen-bond donors (Lipinski definition) is 0. The summed E-state index contributed by atoms with van der Waals surface area (Å²) >= 11 is 0. The zero-order valence-corrected chi connectivity index (χ0v) is 15.9. The van der Waals surface area contributed by atoms with Gasteiger partial charge in [-0.2, -0.15) is 0 Å². The molecule has 6 nitrogen and oxygen atoms in total. The lowest BCUT2D eigenvalue weighted by Gasteiger charge is -2.23. The monoisotopic (exact) mass is 371 g/mol. The standard InChI is InChI=1S/C21H25NO5/c1-25-18-13-17(14-19(15-18)26-2)21(24)22(12-10-20(23)27-3)11-9-16-7-5-4-6-8-16/h4-8,13-15H,9-12H2,1-3H3. The average molecular weight is 371 g/mol. The van der Waals surface area contributed by atoms with Crippen molar-refractivity contribution in [1.29, 1.82) is 0 Å². The van der Waals surface area contributed by atoms with Gasteiger partial charge in [0.1, 0.15) is 11.5 Å². The van der Waals surface area contributed by atoms with Gasteiger partial charge in [0, 0.05) is 24.7 Å². The zero-order chi connectivity index (χ0) is 19.6. The van der Waals surface area contributed by atoms with Crippen molar-refractivity contribution in [2.45, 2.75) is 12.8 Å². The van der Waals surface area contributed by atoms with Crippen LogP contribution in [0.1, 0.15) is 22.3 Å². The molecule has 0 saturated heterocycles. The van der Waals surface area contributed by atoms with Gasteiger partial charge in [-0.05, 0) is 24.1 Å². The third-order valence-electron chi connectivity index (χ3n) is 4.21. The van der Waals surface area contributed by atoms with Crippen LogP contribution in [0.5, 0.6) is 11.5 Å². The average Bonchev–Trinajstić information content (AvgIpc) is 2.73. The minimum Gasteiger partial charge on any atom is -0.497 e. The molecule has 27 heavy (non-hydrogen) atoms. The van der Waals surface area contributed by atoms with Crippen LogP contribution in [0.2, 0.25) is 0 Å². The van der Waals surface area contributed by atoms with Crippen LogP contribution in [0.25, 0.3) is 0 Å². The number of esters is 1. The van der Waals surface area contributed by atoms with E-state index in [1.54, 1.807) is 23.1 Å². The van der Waals surface area contributed by atoms with E-state index < -0.39 is 0 Å². The molecule has 0 aliphatic heterocycles. The number of hydrogen-bond acceptors (Lipinski definition) is 5. The molecule has 2 aromatic rings. The smallest absolute Gasteiger partial charge is 0.307 e. The SMILES string of the molecule is COC(=O)CCN(CCc1ccccc1)C(=O)c1cc(OC)cc(OC)c1. The normalized spacial score (nSPS) is 10.2. The van der Waals surface area contributed by atoms with Gasteiger partial charge in [0.15, 0.2) is 0 Å². The lowest BCUT2D eigenvalue weighted by Crippen LogP contribution is -2.35. The first-order valence-electron chi connectivity index (χ1n) is 8.70. The highest BCUT2D eigenvalue weighted by Gasteiger charge is 2.19. The van der Waals surface area contributed by atoms with Crippen LogP contribution in [-0.4, -0.2) is 51.2 Å². The molecule has 0 aromatic heterocycles. The number of ether oxygens (including phenoxy) is 3. The Bertz CT molecular complexity index is 738. The first-order valence-corrected chi connectivity index (χ1v) is 8.70. The van der Waals surface area contributed by atoms with E-state index in [0.29, 0.717) is 30.0 Å². The number of benzene rings is 2. The van der Waals surface area contributed by atoms with Crippen molar-refractivity contribution in [2.24, 2.45) is 0 Å². The molecule has 0 aliphatic carbocycles. The Balaban J connectivity index is 2.19. The fourth-order valence-electron chi connectivity index (χ4n) is 2.67. The maximum Gasteiger partial charge on any atom is 0.307 e. The maximum atomic E-state index is 13.1. The number of nitrogens with zero attached hydrogens (tertiary/aromatic N) is 1. The summed E-state index contributed by atoms with van der Waals surface area (Å²) in [7, 11) is 4.41. The highest BCUT2D eigenvalue weighted by atomic mass is 16.5. The van der Waals surface area contributed by atoms with Gasteiger partial charge in [0.25, 0.3) is 5.91 Å². The molecular formula is C21H25NO5. The fourth-order valence-corrected chi connectivity index (χ4v) is 2.67. The van der Waals surface area contributed by atoms with Crippen LogP contribution < -0.4 is 9.47 Å². The molecule has 0 bridgehead atoms. The molecule has 0 atom stereocenters. The van der Waals surface area contributed by atoms with E-state index >= 15 is 0 Å². The summed E-state index contributed by atoms with van der Waals surface area (Å²) in [5.74, 6) is 0.533. The van der Waals surface area contributed by atoms with Crippen LogP contribution in [0, 0.1) is 0 Å². The summed E-state index contributed by atoms with van der Waals surface area (Å²) in [4.78, 5) is 26.3. The van der Waals surface area contributed by atoms with Crippen molar-refractivity contribution < 1.29 is 23.8 Å². The molecule has 1 amide bonds. The zero-order valence-electron chi connectivity index (χ0n) is 15.9. The molecule has 0 radical (unpaired) electrons. The number of amides is 1. The van der Waals surface area contributed by atoms with Crippen molar-refractivity contribution in [2.75, 3.05) is 34.4 Å². The molecule has 0 heterocycles. The van der Waals surface area contributed by atoms with E-state index in [1.165, 1.54) is 21.3 Å². The van der Waals surface area contributed by atoms with Crippen LogP contribution in [-0.2, 0) is 16.0 Å². The summed E-state index contributed by atoms with van der Waals surface area (Å²) in [6, 6.07) is 14.9. The minimum absolute atomic E-state index is 0.137. The highest BCUT2D eigenvalue weighted by Crippen LogP contribution is 2.23. The van der Waals surface area contributed by atoms with Crippen LogP contribution in [0.3, 0.4) is 0 Å². The molecule has 6 heteroatoms. The predicted molar refractivity (Wildman–Crippen MR) is 102 cm³/mol. The molecule has 0 N–H and O–H groups in total. The van der Waals surface area contributed by atoms with Gasteiger partial charge in [-0.1, -0.05) is 30.3 Å². The molecule has 0 fully saturated rings. The lowest BCUT2D eigenvalue weighted by atomic mass is 10.1. The molecule has 2 aromatic carbocycles. The largest absolute Gasteiger partial charge is 0.497 e. The van der Waals surface area contributed by atoms with Gasteiger partial charge in [-0.3, -0.25) is 9.59 Å². The Kier molecular flexibility index (Phi) is 7.67. The summed E-state index contributed by atoms with van der Waals surface area (Å²) < 4.78 is 15.2. The van der Waals surface area contributed by atoms with E-state index in [-0.39, 0.29) is 24.8 Å². The van der Waals surface area contributed by atoms with E-state index in [9.17, 15) is 9.59 Å². The second-order valence-corrected chi connectivity index (χ2v) is 5.96. The molecule has 0 unspecified atom stereocenters. The van der Waals surface area contributed by atoms with Crippen LogP contribution in [0.15, 0.2) is 48.5 Å². The summed E-state index contributed by atoms with van der Waals surface area (Å²) in [5, 5.41) is 0. The quantitative estimate of drug-likeness (QED) is 0.634. The topological polar surface area (TPSA) is 65.1 Å². The van der Waals surface area contributed by atoms with Crippen molar-refractivity contribution >= 4 is 11.9 Å². The third kappa shape index (κ3) is 6.02. The summed E-state index contributed by atoms with van der Waals surface area (Å²) in [5.41, 5.74) is 1.57. The van der Waals surface area contributed by atoms with E-state index in [1.807, 2.05) is 30.3 Å². The third-order valence-corrected chi connectivity index (χ3v) is 4.21. The van der Waals surface area contributed by atoms with Gasteiger partial charge in [0.05, 0.1) is 27.8 Å². The lowest BCUT2D eigenvalue weighted by molar-refractivity contribution is -0.140. The fraction of sp³-hybridized carbons (Fsp3) is 0.333. The first-order chi connectivity index (χ1) is 13.1. The molecule has 144 valence electrons. The Morgan fingerprint density at radius 2 is 1.52 bits per heavy atom. The number of methoxy groups -OCH3 is 3. The molecule has 2 rings (SSSR count). The van der Waals surface area contributed by atoms with Crippen LogP contribution in [0.4, 0.5) is 0 Å². The van der Waals surface area contributed by atoms with E-state index in [2.05, 4.69) is 0 Å². The van der Waals surface area contributed by atoms with Gasteiger partial charge >= 0.3 is 5.97 Å². The Morgan fingerprint density at radius 1 is 0.889 bits per heavy atom. The van der Waals surface area contributed by atoms with E-state index in [4.69, 9.17) is 14.2 Å². The molecule has 0 aliphatic rings. The summed E-state index contributed by atoms with van der Waals surface area (Å²) in [6.45, 7) is 0.761. The van der Waals surface area contributed by atoms with Crippen molar-refractivity contribution in [3.63, 3.8) is 0 Å². The van der Waals surface area contributed by atoms with Gasteiger partial charge in [-0.15, -0.1) is 0 Å². The maximum absolute atomic E-state index is 13.1. The predicted octanol–water partition coefficient (Wildman–Crippen LogP) is 2.95. The van der Waals surface area contributed by atoms with E-state index in [0.717, 1.165) is 5.56 Å². The molecule has 0 saturated carbocycles. The highest BCUT2D eigenvalue weighted by molar-refractivity contribution is 5.95. The number of carbonyl (C=O) groups is 2. The van der Waals surface area contributed by atoms with Gasteiger partial charge in [-0.25, -0.2) is 0 Å². The molecule has 0 spiro atoms. The number of carbonyl (C=O) groups excluding carboxylic acids is 2. The second-order valence-electron chi connectivity index (χ2n) is 5.96. The van der Waals surface area contributed by atoms with Crippen molar-refractivity contribution in [3.8, 4) is 11.5 Å². The van der Waals surface area contributed by atoms with Crippen molar-refractivity contribution in [3.05, 3.63) is 59.7 Å².